The number of hydrogen-bond donors (Lipinski definition) is 2. The highest BCUT2D eigenvalue weighted by Crippen LogP contribution is 2.20. The molecule has 2 rings (SSSR count). The first-order chi connectivity index (χ1) is 7.49. The van der Waals surface area contributed by atoms with Crippen LogP contribution >= 0.6 is 0 Å². The van der Waals surface area contributed by atoms with Crippen molar-refractivity contribution in [3.05, 3.63) is 29.1 Å². The van der Waals surface area contributed by atoms with E-state index in [0.717, 1.165) is 0 Å². The van der Waals surface area contributed by atoms with E-state index in [1.54, 1.807) is 6.92 Å². The molecule has 0 unspecified atom stereocenters. The van der Waals surface area contributed by atoms with Gasteiger partial charge in [-0.3, -0.25) is 4.79 Å². The molecule has 0 radical (unpaired) electrons. The summed E-state index contributed by atoms with van der Waals surface area (Å²) in [5.41, 5.74) is 6.43. The van der Waals surface area contributed by atoms with Crippen molar-refractivity contribution in [2.75, 3.05) is 18.8 Å². The summed E-state index contributed by atoms with van der Waals surface area (Å²) in [7, 11) is 0. The summed E-state index contributed by atoms with van der Waals surface area (Å²) in [5.74, 6) is -0.777. The minimum atomic E-state index is -0.482. The van der Waals surface area contributed by atoms with Crippen LogP contribution in [0.25, 0.3) is 0 Å². The molecule has 5 heteroatoms. The number of anilines is 1. The van der Waals surface area contributed by atoms with Crippen molar-refractivity contribution in [3.8, 4) is 0 Å². The molecular formula is C11H13FN2O2. The normalized spacial score (nSPS) is 16.1. The molecule has 0 aliphatic carbocycles. The molecule has 0 bridgehead atoms. The fourth-order valence-electron chi connectivity index (χ4n) is 1.63. The molecule has 0 saturated carbocycles. The summed E-state index contributed by atoms with van der Waals surface area (Å²) in [6.45, 7) is 2.16. The van der Waals surface area contributed by atoms with Crippen LogP contribution in [0.1, 0.15) is 15.9 Å². The molecule has 3 N–H and O–H groups in total. The third-order valence-electron chi connectivity index (χ3n) is 2.78. The van der Waals surface area contributed by atoms with Crippen LogP contribution < -0.4 is 5.73 Å². The van der Waals surface area contributed by atoms with Crippen LogP contribution in [0.3, 0.4) is 0 Å². The number of hydrogen-bond acceptors (Lipinski definition) is 3. The third-order valence-corrected chi connectivity index (χ3v) is 2.78. The van der Waals surface area contributed by atoms with Crippen molar-refractivity contribution in [3.63, 3.8) is 0 Å². The fraction of sp³-hybridized carbons (Fsp3) is 0.364. The van der Waals surface area contributed by atoms with E-state index in [4.69, 9.17) is 10.8 Å². The van der Waals surface area contributed by atoms with Crippen molar-refractivity contribution in [2.45, 2.75) is 13.0 Å². The number of amides is 1. The maximum absolute atomic E-state index is 13.4. The lowest BCUT2D eigenvalue weighted by Crippen LogP contribution is -2.53. The number of carbonyl (C=O) groups excluding carboxylic acids is 1. The lowest BCUT2D eigenvalue weighted by atomic mass is 10.1. The summed E-state index contributed by atoms with van der Waals surface area (Å²) in [4.78, 5) is 13.2. The van der Waals surface area contributed by atoms with E-state index >= 15 is 0 Å². The molecule has 0 atom stereocenters. The molecule has 1 saturated heterocycles. The van der Waals surface area contributed by atoms with E-state index in [2.05, 4.69) is 0 Å². The molecule has 16 heavy (non-hydrogen) atoms. The van der Waals surface area contributed by atoms with Crippen molar-refractivity contribution >= 4 is 11.6 Å². The predicted octanol–water partition coefficient (Wildman–Crippen LogP) is 0.533. The van der Waals surface area contributed by atoms with Crippen molar-refractivity contribution < 1.29 is 14.3 Å². The lowest BCUT2D eigenvalue weighted by Gasteiger charge is -2.35. The van der Waals surface area contributed by atoms with Crippen molar-refractivity contribution in [1.29, 1.82) is 0 Å². The molecule has 1 aromatic carbocycles. The molecule has 1 aromatic rings. The van der Waals surface area contributed by atoms with Gasteiger partial charge in [0.15, 0.2) is 0 Å². The number of aliphatic hydroxyl groups excluding tert-OH is 1. The number of nitrogens with two attached hydrogens (primary N) is 1. The van der Waals surface area contributed by atoms with Gasteiger partial charge >= 0.3 is 0 Å². The number of nitrogens with zero attached hydrogens (tertiary/aromatic N) is 1. The number of β-amino-alcohol motifs (C(OH)–C–C–N with tert-alkyl or cyclic N) is 1. The van der Waals surface area contributed by atoms with E-state index in [1.165, 1.54) is 17.0 Å². The Morgan fingerprint density at radius 3 is 2.69 bits per heavy atom. The third kappa shape index (κ3) is 1.74. The van der Waals surface area contributed by atoms with Gasteiger partial charge in [0.25, 0.3) is 5.91 Å². The molecule has 1 aliphatic rings. The van der Waals surface area contributed by atoms with E-state index in [9.17, 15) is 9.18 Å². The molecule has 1 heterocycles. The van der Waals surface area contributed by atoms with E-state index in [0.29, 0.717) is 18.7 Å². The van der Waals surface area contributed by atoms with Gasteiger partial charge in [-0.25, -0.2) is 4.39 Å². The first kappa shape index (κ1) is 10.9. The zero-order valence-corrected chi connectivity index (χ0v) is 8.90. The van der Waals surface area contributed by atoms with Gasteiger partial charge < -0.3 is 15.7 Å². The van der Waals surface area contributed by atoms with Gasteiger partial charge in [-0.05, 0) is 19.1 Å². The highest BCUT2D eigenvalue weighted by Gasteiger charge is 2.29. The lowest BCUT2D eigenvalue weighted by molar-refractivity contribution is 0.00587. The molecule has 0 aromatic heterocycles. The van der Waals surface area contributed by atoms with Crippen LogP contribution in [0.4, 0.5) is 10.1 Å². The number of carbonyl (C=O) groups is 1. The van der Waals surface area contributed by atoms with Crippen molar-refractivity contribution in [2.24, 2.45) is 0 Å². The molecule has 4 nitrogen and oxygen atoms in total. The smallest absolute Gasteiger partial charge is 0.254 e. The van der Waals surface area contributed by atoms with E-state index < -0.39 is 11.9 Å². The highest BCUT2D eigenvalue weighted by atomic mass is 19.1. The molecule has 86 valence electrons. The molecule has 1 fully saturated rings. The zero-order valence-electron chi connectivity index (χ0n) is 8.90. The van der Waals surface area contributed by atoms with Gasteiger partial charge in [0, 0.05) is 29.9 Å². The van der Waals surface area contributed by atoms with Crippen LogP contribution in [0, 0.1) is 12.7 Å². The summed E-state index contributed by atoms with van der Waals surface area (Å²) < 4.78 is 13.4. The Balaban J connectivity index is 2.24. The van der Waals surface area contributed by atoms with Crippen molar-refractivity contribution in [1.82, 2.24) is 4.90 Å². The van der Waals surface area contributed by atoms with Crippen LogP contribution in [-0.2, 0) is 0 Å². The fourth-order valence-corrected chi connectivity index (χ4v) is 1.63. The van der Waals surface area contributed by atoms with Gasteiger partial charge in [0.05, 0.1) is 6.10 Å². The summed E-state index contributed by atoms with van der Waals surface area (Å²) >= 11 is 0. The monoisotopic (exact) mass is 224 g/mol. The van der Waals surface area contributed by atoms with Gasteiger partial charge in [-0.2, -0.15) is 0 Å². The predicted molar refractivity (Wildman–Crippen MR) is 57.5 cm³/mol. The first-order valence-electron chi connectivity index (χ1n) is 5.02. The molecule has 0 spiro atoms. The largest absolute Gasteiger partial charge is 0.398 e. The number of aliphatic hydroxyl groups is 1. The molecule has 1 amide bonds. The number of likely N-dealkylation sites (tertiary alicyclic amines) is 1. The average molecular weight is 224 g/mol. The number of nitrogen functional groups attached to an aromatic ring is 1. The molecular weight excluding hydrogens is 211 g/mol. The average Bonchev–Trinajstić information content (AvgIpc) is 2.19. The number of rotatable bonds is 1. The SMILES string of the molecule is Cc1c(N)cc(C(=O)N2CC(O)C2)cc1F. The van der Waals surface area contributed by atoms with E-state index in [1.807, 2.05) is 0 Å². The Hall–Kier alpha value is -1.62. The van der Waals surface area contributed by atoms with Crippen LogP contribution in [0.15, 0.2) is 12.1 Å². The Morgan fingerprint density at radius 2 is 2.19 bits per heavy atom. The highest BCUT2D eigenvalue weighted by molar-refractivity contribution is 5.95. The summed E-state index contributed by atoms with van der Waals surface area (Å²) in [6, 6.07) is 2.64. The topological polar surface area (TPSA) is 66.6 Å². The minimum absolute atomic E-state index is 0.229. The second-order valence-electron chi connectivity index (χ2n) is 4.04. The second kappa shape index (κ2) is 3.75. The van der Waals surface area contributed by atoms with Gasteiger partial charge in [-0.1, -0.05) is 0 Å². The Kier molecular flexibility index (Phi) is 2.55. The standard InChI is InChI=1S/C11H13FN2O2/c1-6-9(12)2-7(3-10(6)13)11(16)14-4-8(15)5-14/h2-3,8,15H,4-5,13H2,1H3. The maximum atomic E-state index is 13.4. The van der Waals surface area contributed by atoms with Gasteiger partial charge in [0.1, 0.15) is 5.82 Å². The number of halogens is 1. The number of benzene rings is 1. The summed E-state index contributed by atoms with van der Waals surface area (Å²) in [6.07, 6.45) is -0.461. The van der Waals surface area contributed by atoms with Crippen LogP contribution in [-0.4, -0.2) is 35.1 Å². The van der Waals surface area contributed by atoms with Crippen LogP contribution in [0.2, 0.25) is 0 Å². The second-order valence-corrected chi connectivity index (χ2v) is 4.04. The molecule has 1 aliphatic heterocycles. The quantitative estimate of drug-likeness (QED) is 0.684. The van der Waals surface area contributed by atoms with E-state index in [-0.39, 0.29) is 17.2 Å². The zero-order chi connectivity index (χ0) is 11.9. The minimum Gasteiger partial charge on any atom is -0.398 e. The maximum Gasteiger partial charge on any atom is 0.254 e. The summed E-state index contributed by atoms with van der Waals surface area (Å²) in [5, 5.41) is 9.07. The Labute approximate surface area is 92.5 Å². The first-order valence-corrected chi connectivity index (χ1v) is 5.02. The van der Waals surface area contributed by atoms with Gasteiger partial charge in [0.2, 0.25) is 0 Å². The Bertz CT molecular complexity index is 419. The Morgan fingerprint density at radius 1 is 1.56 bits per heavy atom. The van der Waals surface area contributed by atoms with Gasteiger partial charge in [-0.15, -0.1) is 0 Å². The van der Waals surface area contributed by atoms with Crippen LogP contribution in [0.5, 0.6) is 0 Å².